The van der Waals surface area contributed by atoms with Crippen molar-refractivity contribution in [2.45, 2.75) is 44.7 Å². The molecule has 0 radical (unpaired) electrons. The molecule has 2 aliphatic rings. The molecule has 0 aromatic heterocycles. The van der Waals surface area contributed by atoms with E-state index in [1.807, 2.05) is 6.92 Å². The summed E-state index contributed by atoms with van der Waals surface area (Å²) in [6, 6.07) is 1.12. The smallest absolute Gasteiger partial charge is 0.317 e. The first-order chi connectivity index (χ1) is 7.69. The quantitative estimate of drug-likeness (QED) is 0.678. The number of likely N-dealkylation sites (N-methyl/N-ethyl adjacent to an activating group) is 1. The lowest BCUT2D eigenvalue weighted by Crippen LogP contribution is -2.53. The molecule has 0 unspecified atom stereocenters. The molecule has 4 nitrogen and oxygen atoms in total. The Bertz CT molecular complexity index is 247. The van der Waals surface area contributed by atoms with Gasteiger partial charge in [0.25, 0.3) is 0 Å². The van der Waals surface area contributed by atoms with Crippen molar-refractivity contribution in [3.63, 3.8) is 0 Å². The van der Waals surface area contributed by atoms with Gasteiger partial charge >= 0.3 is 5.97 Å². The first-order valence-corrected chi connectivity index (χ1v) is 6.38. The SMILES string of the molecule is CCN(CC(=O)O)C1CC(NCC2CC2)C1. The number of carbonyl (C=O) groups is 1. The van der Waals surface area contributed by atoms with Crippen molar-refractivity contribution in [1.29, 1.82) is 0 Å². The van der Waals surface area contributed by atoms with Gasteiger partial charge in [-0.05, 0) is 44.7 Å². The number of carboxylic acids is 1. The minimum Gasteiger partial charge on any atom is -0.480 e. The molecule has 2 rings (SSSR count). The fourth-order valence-electron chi connectivity index (χ4n) is 2.38. The van der Waals surface area contributed by atoms with E-state index in [4.69, 9.17) is 5.11 Å². The summed E-state index contributed by atoms with van der Waals surface area (Å²) in [5.74, 6) is 0.219. The summed E-state index contributed by atoms with van der Waals surface area (Å²) in [7, 11) is 0. The Balaban J connectivity index is 1.62. The molecule has 0 aromatic rings. The second-order valence-electron chi connectivity index (χ2n) is 5.13. The molecular weight excluding hydrogens is 204 g/mol. The molecule has 0 aromatic carbocycles. The van der Waals surface area contributed by atoms with Gasteiger partial charge in [-0.1, -0.05) is 6.92 Å². The van der Waals surface area contributed by atoms with Gasteiger partial charge in [0.2, 0.25) is 0 Å². The van der Waals surface area contributed by atoms with Crippen LogP contribution in [0.1, 0.15) is 32.6 Å². The summed E-state index contributed by atoms with van der Waals surface area (Å²) < 4.78 is 0. The van der Waals surface area contributed by atoms with Crippen molar-refractivity contribution < 1.29 is 9.90 Å². The molecular formula is C12H22N2O2. The van der Waals surface area contributed by atoms with Crippen LogP contribution < -0.4 is 5.32 Å². The number of nitrogens with one attached hydrogen (secondary N) is 1. The zero-order chi connectivity index (χ0) is 11.5. The predicted octanol–water partition coefficient (Wildman–Crippen LogP) is 0.923. The van der Waals surface area contributed by atoms with Gasteiger partial charge in [0, 0.05) is 12.1 Å². The van der Waals surface area contributed by atoms with Crippen LogP contribution in [0.15, 0.2) is 0 Å². The first-order valence-electron chi connectivity index (χ1n) is 6.38. The zero-order valence-corrected chi connectivity index (χ0v) is 9.98. The fraction of sp³-hybridized carbons (Fsp3) is 0.917. The topological polar surface area (TPSA) is 52.6 Å². The molecule has 2 N–H and O–H groups in total. The average Bonchev–Trinajstić information content (AvgIpc) is 2.96. The van der Waals surface area contributed by atoms with Crippen LogP contribution >= 0.6 is 0 Å². The number of rotatable bonds is 7. The van der Waals surface area contributed by atoms with Gasteiger partial charge in [-0.2, -0.15) is 0 Å². The van der Waals surface area contributed by atoms with Crippen molar-refractivity contribution in [1.82, 2.24) is 10.2 Å². The van der Waals surface area contributed by atoms with E-state index in [0.717, 1.165) is 25.3 Å². The highest BCUT2D eigenvalue weighted by molar-refractivity contribution is 5.69. The highest BCUT2D eigenvalue weighted by Crippen LogP contribution is 2.30. The normalized spacial score (nSPS) is 29.1. The molecule has 0 aliphatic heterocycles. The summed E-state index contributed by atoms with van der Waals surface area (Å²) in [5, 5.41) is 12.3. The van der Waals surface area contributed by atoms with Gasteiger partial charge in [0.1, 0.15) is 0 Å². The van der Waals surface area contributed by atoms with Crippen LogP contribution in [-0.4, -0.2) is 47.7 Å². The van der Waals surface area contributed by atoms with E-state index in [1.165, 1.54) is 19.4 Å². The Morgan fingerprint density at radius 1 is 1.44 bits per heavy atom. The molecule has 16 heavy (non-hydrogen) atoms. The van der Waals surface area contributed by atoms with Crippen LogP contribution in [0, 0.1) is 5.92 Å². The lowest BCUT2D eigenvalue weighted by molar-refractivity contribution is -0.139. The van der Waals surface area contributed by atoms with Crippen molar-refractivity contribution in [3.05, 3.63) is 0 Å². The summed E-state index contributed by atoms with van der Waals surface area (Å²) in [6.45, 7) is 4.24. The molecule has 2 aliphatic carbocycles. The number of carboxylic acid groups (broad SMARTS) is 1. The Morgan fingerprint density at radius 2 is 2.12 bits per heavy atom. The van der Waals surface area contributed by atoms with Crippen molar-refractivity contribution >= 4 is 5.97 Å². The largest absolute Gasteiger partial charge is 0.480 e. The predicted molar refractivity (Wildman–Crippen MR) is 62.4 cm³/mol. The maximum Gasteiger partial charge on any atom is 0.317 e. The van der Waals surface area contributed by atoms with E-state index in [0.29, 0.717) is 12.1 Å². The first kappa shape index (κ1) is 11.9. The Morgan fingerprint density at radius 3 is 2.62 bits per heavy atom. The Labute approximate surface area is 97.0 Å². The lowest BCUT2D eigenvalue weighted by atomic mass is 9.85. The van der Waals surface area contributed by atoms with Crippen LogP contribution in [-0.2, 0) is 4.79 Å². The average molecular weight is 226 g/mol. The van der Waals surface area contributed by atoms with E-state index in [2.05, 4.69) is 10.2 Å². The molecule has 0 atom stereocenters. The fourth-order valence-corrected chi connectivity index (χ4v) is 2.38. The summed E-state index contributed by atoms with van der Waals surface area (Å²) >= 11 is 0. The molecule has 2 saturated carbocycles. The highest BCUT2D eigenvalue weighted by atomic mass is 16.4. The molecule has 0 saturated heterocycles. The molecule has 0 heterocycles. The van der Waals surface area contributed by atoms with Gasteiger partial charge in [0.15, 0.2) is 0 Å². The van der Waals surface area contributed by atoms with Gasteiger partial charge in [-0.15, -0.1) is 0 Å². The zero-order valence-electron chi connectivity index (χ0n) is 9.98. The van der Waals surface area contributed by atoms with Crippen molar-refractivity contribution in [3.8, 4) is 0 Å². The Hall–Kier alpha value is -0.610. The summed E-state index contributed by atoms with van der Waals surface area (Å²) in [6.07, 6.45) is 5.02. The highest BCUT2D eigenvalue weighted by Gasteiger charge is 2.34. The van der Waals surface area contributed by atoms with E-state index < -0.39 is 5.97 Å². The number of aliphatic carboxylic acids is 1. The van der Waals surface area contributed by atoms with Crippen LogP contribution in [0.5, 0.6) is 0 Å². The van der Waals surface area contributed by atoms with E-state index in [9.17, 15) is 4.79 Å². The lowest BCUT2D eigenvalue weighted by Gasteiger charge is -2.42. The van der Waals surface area contributed by atoms with E-state index in [-0.39, 0.29) is 6.54 Å². The van der Waals surface area contributed by atoms with Gasteiger partial charge in [-0.3, -0.25) is 9.69 Å². The van der Waals surface area contributed by atoms with Gasteiger partial charge in [-0.25, -0.2) is 0 Å². The summed E-state index contributed by atoms with van der Waals surface area (Å²) in [4.78, 5) is 12.7. The van der Waals surface area contributed by atoms with Crippen LogP contribution in [0.25, 0.3) is 0 Å². The Kier molecular flexibility index (Phi) is 3.82. The van der Waals surface area contributed by atoms with E-state index >= 15 is 0 Å². The maximum atomic E-state index is 10.7. The van der Waals surface area contributed by atoms with Crippen LogP contribution in [0.4, 0.5) is 0 Å². The third kappa shape index (κ3) is 3.19. The van der Waals surface area contributed by atoms with Crippen molar-refractivity contribution in [2.75, 3.05) is 19.6 Å². The molecule has 92 valence electrons. The van der Waals surface area contributed by atoms with Crippen molar-refractivity contribution in [2.24, 2.45) is 5.92 Å². The standard InChI is InChI=1S/C12H22N2O2/c1-2-14(8-12(15)16)11-5-10(6-11)13-7-9-3-4-9/h9-11,13H,2-8H2,1H3,(H,15,16). The maximum absolute atomic E-state index is 10.7. The van der Waals surface area contributed by atoms with Crippen LogP contribution in [0.2, 0.25) is 0 Å². The third-order valence-electron chi connectivity index (χ3n) is 3.77. The van der Waals surface area contributed by atoms with Gasteiger partial charge < -0.3 is 10.4 Å². The second-order valence-corrected chi connectivity index (χ2v) is 5.13. The number of hydrogen-bond acceptors (Lipinski definition) is 3. The molecule has 0 amide bonds. The number of nitrogens with zero attached hydrogens (tertiary/aromatic N) is 1. The second kappa shape index (κ2) is 5.15. The monoisotopic (exact) mass is 226 g/mol. The number of hydrogen-bond donors (Lipinski definition) is 2. The summed E-state index contributed by atoms with van der Waals surface area (Å²) in [5.41, 5.74) is 0. The third-order valence-corrected chi connectivity index (χ3v) is 3.77. The minimum atomic E-state index is -0.712. The van der Waals surface area contributed by atoms with Crippen LogP contribution in [0.3, 0.4) is 0 Å². The molecule has 4 heteroatoms. The molecule has 2 fully saturated rings. The van der Waals surface area contributed by atoms with E-state index in [1.54, 1.807) is 0 Å². The minimum absolute atomic E-state index is 0.191. The molecule has 0 bridgehead atoms. The molecule has 0 spiro atoms. The van der Waals surface area contributed by atoms with Gasteiger partial charge in [0.05, 0.1) is 6.54 Å².